The molecule has 2 N–H and O–H groups in total. The molecule has 2 atom stereocenters. The number of halogens is 2. The van der Waals surface area contributed by atoms with Gasteiger partial charge in [0, 0.05) is 28.8 Å². The summed E-state index contributed by atoms with van der Waals surface area (Å²) in [4.78, 5) is 8.58. The summed E-state index contributed by atoms with van der Waals surface area (Å²) in [5, 5.41) is 22.5. The SMILES string of the molecule is Cc1nc(C(CN)CC2(c3csc(C)n3)SC(c3cc(F)ccc3F)=NN2c2nnc(C)s2)cs1. The van der Waals surface area contributed by atoms with Crippen LogP contribution in [0.4, 0.5) is 13.9 Å². The minimum Gasteiger partial charge on any atom is -0.330 e. The predicted octanol–water partition coefficient (Wildman–Crippen LogP) is 5.56. The zero-order chi connectivity index (χ0) is 24.7. The number of aryl methyl sites for hydroxylation is 3. The molecule has 7 nitrogen and oxygen atoms in total. The summed E-state index contributed by atoms with van der Waals surface area (Å²) < 4.78 is 29.0. The van der Waals surface area contributed by atoms with Crippen LogP contribution in [0.2, 0.25) is 0 Å². The second kappa shape index (κ2) is 9.62. The molecule has 0 radical (unpaired) electrons. The van der Waals surface area contributed by atoms with Crippen molar-refractivity contribution in [1.82, 2.24) is 20.2 Å². The Kier molecular flexibility index (Phi) is 6.70. The summed E-state index contributed by atoms with van der Waals surface area (Å²) in [6.45, 7) is 6.09. The van der Waals surface area contributed by atoms with Gasteiger partial charge in [0.25, 0.3) is 0 Å². The molecule has 0 saturated heterocycles. The van der Waals surface area contributed by atoms with Crippen LogP contribution in [0.25, 0.3) is 0 Å². The van der Waals surface area contributed by atoms with Crippen molar-refractivity contribution in [2.45, 2.75) is 38.0 Å². The summed E-state index contributed by atoms with van der Waals surface area (Å²) in [5.41, 5.74) is 7.98. The molecule has 1 aliphatic rings. The van der Waals surface area contributed by atoms with Crippen LogP contribution in [0.3, 0.4) is 0 Å². The molecule has 0 fully saturated rings. The number of anilines is 1. The first-order chi connectivity index (χ1) is 16.8. The Morgan fingerprint density at radius 2 is 1.80 bits per heavy atom. The zero-order valence-electron chi connectivity index (χ0n) is 19.0. The number of thioether (sulfide) groups is 1. The highest BCUT2D eigenvalue weighted by molar-refractivity contribution is 8.15. The smallest absolute Gasteiger partial charge is 0.230 e. The third kappa shape index (κ3) is 4.62. The normalized spacial score (nSPS) is 18.8. The summed E-state index contributed by atoms with van der Waals surface area (Å²) in [7, 11) is 0. The van der Waals surface area contributed by atoms with E-state index in [0.29, 0.717) is 23.1 Å². The summed E-state index contributed by atoms with van der Waals surface area (Å²) in [6.07, 6.45) is 0.475. The fourth-order valence-corrected chi connectivity index (χ4v) is 7.52. The molecule has 1 aliphatic heterocycles. The first kappa shape index (κ1) is 24.4. The minimum absolute atomic E-state index is 0.0869. The van der Waals surface area contributed by atoms with Crippen LogP contribution in [0.15, 0.2) is 34.1 Å². The van der Waals surface area contributed by atoms with Gasteiger partial charge in [-0.1, -0.05) is 23.1 Å². The molecule has 0 aliphatic carbocycles. The van der Waals surface area contributed by atoms with Crippen molar-refractivity contribution in [2.75, 3.05) is 11.6 Å². The first-order valence-corrected chi connectivity index (χ1v) is 14.1. The maximum absolute atomic E-state index is 14.9. The van der Waals surface area contributed by atoms with Crippen molar-refractivity contribution in [2.24, 2.45) is 10.8 Å². The van der Waals surface area contributed by atoms with Crippen LogP contribution in [-0.2, 0) is 4.87 Å². The van der Waals surface area contributed by atoms with Gasteiger partial charge >= 0.3 is 0 Å². The van der Waals surface area contributed by atoms with Crippen molar-refractivity contribution in [1.29, 1.82) is 0 Å². The Labute approximate surface area is 217 Å². The van der Waals surface area contributed by atoms with E-state index in [1.165, 1.54) is 34.4 Å². The number of thiazole rings is 2. The molecular formula is C22H21F2N7S4. The van der Waals surface area contributed by atoms with Crippen molar-refractivity contribution in [3.05, 3.63) is 72.6 Å². The van der Waals surface area contributed by atoms with Gasteiger partial charge in [-0.3, -0.25) is 0 Å². The molecule has 0 amide bonds. The van der Waals surface area contributed by atoms with Gasteiger partial charge in [-0.15, -0.1) is 32.9 Å². The number of hydrogen-bond acceptors (Lipinski definition) is 11. The van der Waals surface area contributed by atoms with E-state index in [-0.39, 0.29) is 11.5 Å². The lowest BCUT2D eigenvalue weighted by molar-refractivity contribution is 0.468. The number of hydrazone groups is 1. The summed E-state index contributed by atoms with van der Waals surface area (Å²) in [5.74, 6) is -1.22. The third-order valence-electron chi connectivity index (χ3n) is 5.54. The van der Waals surface area contributed by atoms with Gasteiger partial charge in [0.1, 0.15) is 21.7 Å². The lowest BCUT2D eigenvalue weighted by Gasteiger charge is -2.35. The topological polar surface area (TPSA) is 93.2 Å². The number of rotatable bonds is 7. The standard InChI is InChI=1S/C22H21F2N7S4/c1-11-26-18(9-32-11)14(8-25)7-22(19-10-33-12(2)27-19)31(21-29-28-13(3)34-21)30-20(35-22)16-6-15(23)4-5-17(16)24/h4-6,9-10,14H,7-8,25H2,1-3H3. The number of hydrogen-bond donors (Lipinski definition) is 1. The van der Waals surface area contributed by atoms with E-state index in [1.54, 1.807) is 16.3 Å². The van der Waals surface area contributed by atoms with E-state index in [4.69, 9.17) is 15.8 Å². The van der Waals surface area contributed by atoms with Gasteiger partial charge in [0.15, 0.2) is 4.87 Å². The van der Waals surface area contributed by atoms with Crippen LogP contribution in [0, 0.1) is 32.4 Å². The first-order valence-electron chi connectivity index (χ1n) is 10.7. The molecule has 4 aromatic rings. The van der Waals surface area contributed by atoms with Crippen LogP contribution in [0.1, 0.15) is 44.3 Å². The maximum Gasteiger partial charge on any atom is 0.230 e. The Morgan fingerprint density at radius 1 is 1.03 bits per heavy atom. The minimum atomic E-state index is -0.910. The molecule has 3 aromatic heterocycles. The van der Waals surface area contributed by atoms with Crippen LogP contribution in [0.5, 0.6) is 0 Å². The fraction of sp³-hybridized carbons (Fsp3) is 0.318. The lowest BCUT2D eigenvalue weighted by atomic mass is 9.94. The molecule has 5 rings (SSSR count). The zero-order valence-corrected chi connectivity index (χ0v) is 22.3. The van der Waals surface area contributed by atoms with Crippen molar-refractivity contribution in [3.8, 4) is 0 Å². The average molecular weight is 550 g/mol. The van der Waals surface area contributed by atoms with Gasteiger partial charge in [-0.25, -0.2) is 23.8 Å². The Bertz CT molecular complexity index is 1400. The third-order valence-corrected chi connectivity index (χ3v) is 9.30. The molecule has 0 saturated carbocycles. The van der Waals surface area contributed by atoms with Gasteiger partial charge in [-0.05, 0) is 45.4 Å². The van der Waals surface area contributed by atoms with E-state index in [9.17, 15) is 8.78 Å². The largest absolute Gasteiger partial charge is 0.330 e. The average Bonchev–Trinajstić information content (AvgIpc) is 3.61. The number of aromatic nitrogens is 4. The molecule has 35 heavy (non-hydrogen) atoms. The van der Waals surface area contributed by atoms with Crippen molar-refractivity contribution >= 4 is 55.9 Å². The van der Waals surface area contributed by atoms with Crippen LogP contribution < -0.4 is 10.7 Å². The van der Waals surface area contributed by atoms with Gasteiger partial charge < -0.3 is 5.73 Å². The van der Waals surface area contributed by atoms with Gasteiger partial charge in [0.05, 0.1) is 21.4 Å². The Morgan fingerprint density at radius 3 is 2.43 bits per heavy atom. The maximum atomic E-state index is 14.9. The van der Waals surface area contributed by atoms with E-state index in [2.05, 4.69) is 15.2 Å². The number of nitrogens with zero attached hydrogens (tertiary/aromatic N) is 6. The van der Waals surface area contributed by atoms with E-state index in [0.717, 1.165) is 44.6 Å². The Hall–Kier alpha value is -2.32. The highest BCUT2D eigenvalue weighted by atomic mass is 32.2. The quantitative estimate of drug-likeness (QED) is 0.323. The number of benzene rings is 1. The van der Waals surface area contributed by atoms with Crippen molar-refractivity contribution < 1.29 is 8.78 Å². The molecule has 2 unspecified atom stereocenters. The van der Waals surface area contributed by atoms with E-state index < -0.39 is 16.5 Å². The monoisotopic (exact) mass is 549 g/mol. The van der Waals surface area contributed by atoms with E-state index >= 15 is 0 Å². The van der Waals surface area contributed by atoms with Crippen LogP contribution >= 0.6 is 45.8 Å². The van der Waals surface area contributed by atoms with E-state index in [1.807, 2.05) is 31.5 Å². The Balaban J connectivity index is 1.68. The van der Waals surface area contributed by atoms with Gasteiger partial charge in [0.2, 0.25) is 5.13 Å². The number of nitrogens with two attached hydrogens (primary N) is 1. The highest BCUT2D eigenvalue weighted by Crippen LogP contribution is 2.54. The second-order valence-corrected chi connectivity index (χ2v) is 12.6. The fourth-order valence-electron chi connectivity index (χ4n) is 3.88. The second-order valence-electron chi connectivity index (χ2n) is 8.01. The molecule has 1 aromatic carbocycles. The van der Waals surface area contributed by atoms with Gasteiger partial charge in [-0.2, -0.15) is 5.10 Å². The lowest BCUT2D eigenvalue weighted by Crippen LogP contribution is -2.40. The summed E-state index contributed by atoms with van der Waals surface area (Å²) >= 11 is 5.79. The molecule has 0 bridgehead atoms. The highest BCUT2D eigenvalue weighted by Gasteiger charge is 2.51. The molecule has 0 spiro atoms. The van der Waals surface area contributed by atoms with Crippen molar-refractivity contribution in [3.63, 3.8) is 0 Å². The molecule has 13 heteroatoms. The summed E-state index contributed by atoms with van der Waals surface area (Å²) in [6, 6.07) is 3.37. The molecule has 4 heterocycles. The van der Waals surface area contributed by atoms with Crippen LogP contribution in [-0.4, -0.2) is 31.8 Å². The predicted molar refractivity (Wildman–Crippen MR) is 139 cm³/mol. The molecular weight excluding hydrogens is 529 g/mol. The molecule has 182 valence electrons.